The molecule has 1 atom stereocenters. The van der Waals surface area contributed by atoms with E-state index in [-0.39, 0.29) is 5.91 Å². The van der Waals surface area contributed by atoms with E-state index in [4.69, 9.17) is 4.74 Å². The average Bonchev–Trinajstić information content (AvgIpc) is 2.55. The molecule has 0 aliphatic carbocycles. The molecule has 2 rings (SSSR count). The smallest absolute Gasteiger partial charge is 0.263 e. The van der Waals surface area contributed by atoms with E-state index in [1.165, 1.54) is 0 Å². The van der Waals surface area contributed by atoms with Gasteiger partial charge in [0.15, 0.2) is 6.10 Å². The Morgan fingerprint density at radius 3 is 2.48 bits per heavy atom. The summed E-state index contributed by atoms with van der Waals surface area (Å²) in [4.78, 5) is 16.8. The number of hydrogen-bond acceptors (Lipinski definition) is 3. The zero-order chi connectivity index (χ0) is 16.8. The number of benzene rings is 1. The molecule has 4 nitrogen and oxygen atoms in total. The van der Waals surface area contributed by atoms with Crippen molar-refractivity contribution in [3.63, 3.8) is 0 Å². The number of para-hydroxylation sites is 1. The summed E-state index contributed by atoms with van der Waals surface area (Å²) in [5, 5.41) is 0. The lowest BCUT2D eigenvalue weighted by Crippen LogP contribution is -2.51. The molecule has 0 radical (unpaired) electrons. The number of hydrogen-bond donors (Lipinski definition) is 0. The van der Waals surface area contributed by atoms with Crippen molar-refractivity contribution < 1.29 is 9.53 Å². The van der Waals surface area contributed by atoms with Crippen LogP contribution in [0.4, 0.5) is 0 Å². The van der Waals surface area contributed by atoms with Gasteiger partial charge in [-0.1, -0.05) is 38.1 Å². The van der Waals surface area contributed by atoms with Crippen molar-refractivity contribution >= 4 is 5.91 Å². The van der Waals surface area contributed by atoms with E-state index in [9.17, 15) is 4.79 Å². The molecular weight excluding hydrogens is 288 g/mol. The van der Waals surface area contributed by atoms with Crippen molar-refractivity contribution in [2.75, 3.05) is 32.7 Å². The molecule has 126 valence electrons. The predicted octanol–water partition coefficient (Wildman–Crippen LogP) is 2.91. The first-order valence-corrected chi connectivity index (χ1v) is 8.40. The Morgan fingerprint density at radius 1 is 1.22 bits per heavy atom. The Morgan fingerprint density at radius 2 is 1.87 bits per heavy atom. The molecule has 1 saturated heterocycles. The highest BCUT2D eigenvalue weighted by Crippen LogP contribution is 2.27. The van der Waals surface area contributed by atoms with Crippen LogP contribution >= 0.6 is 0 Å². The van der Waals surface area contributed by atoms with Crippen molar-refractivity contribution in [3.05, 3.63) is 42.5 Å². The number of nitrogens with zero attached hydrogens (tertiary/aromatic N) is 2. The van der Waals surface area contributed by atoms with Crippen molar-refractivity contribution in [2.45, 2.75) is 32.8 Å². The zero-order valence-electron chi connectivity index (χ0n) is 14.5. The SMILES string of the molecule is C=CCN1CCN(C(=O)[C@@H](C)Oc2ccccc2C(C)C)CC1. The standard InChI is InChI=1S/C19H28N2O2/c1-5-10-20-11-13-21(14-12-20)19(22)16(4)23-18-9-7-6-8-17(18)15(2)3/h5-9,15-16H,1,10-14H2,2-4H3/t16-/m1/s1. The highest BCUT2D eigenvalue weighted by molar-refractivity contribution is 5.81. The monoisotopic (exact) mass is 316 g/mol. The van der Waals surface area contributed by atoms with Crippen LogP contribution in [0.5, 0.6) is 5.75 Å². The van der Waals surface area contributed by atoms with E-state index in [1.54, 1.807) is 0 Å². The Hall–Kier alpha value is -1.81. The van der Waals surface area contributed by atoms with Gasteiger partial charge in [0.2, 0.25) is 0 Å². The normalized spacial score (nSPS) is 17.1. The third kappa shape index (κ3) is 4.58. The average molecular weight is 316 g/mol. The van der Waals surface area contributed by atoms with Gasteiger partial charge in [0.25, 0.3) is 5.91 Å². The van der Waals surface area contributed by atoms with Gasteiger partial charge >= 0.3 is 0 Å². The summed E-state index contributed by atoms with van der Waals surface area (Å²) in [6.45, 7) is 14.1. The van der Waals surface area contributed by atoms with Crippen LogP contribution < -0.4 is 4.74 Å². The van der Waals surface area contributed by atoms with Gasteiger partial charge in [-0.15, -0.1) is 6.58 Å². The van der Waals surface area contributed by atoms with Gasteiger partial charge in [-0.05, 0) is 24.5 Å². The lowest BCUT2D eigenvalue weighted by atomic mass is 10.0. The number of rotatable bonds is 6. The minimum Gasteiger partial charge on any atom is -0.481 e. The Balaban J connectivity index is 1.95. The van der Waals surface area contributed by atoms with E-state index in [0.717, 1.165) is 44.0 Å². The molecule has 0 bridgehead atoms. The van der Waals surface area contributed by atoms with Gasteiger partial charge in [-0.3, -0.25) is 9.69 Å². The van der Waals surface area contributed by atoms with Gasteiger partial charge in [0.05, 0.1) is 0 Å². The van der Waals surface area contributed by atoms with E-state index in [2.05, 4.69) is 31.4 Å². The maximum Gasteiger partial charge on any atom is 0.263 e. The van der Waals surface area contributed by atoms with Gasteiger partial charge in [-0.25, -0.2) is 0 Å². The summed E-state index contributed by atoms with van der Waals surface area (Å²) in [6.07, 6.45) is 1.45. The molecule has 1 aliphatic heterocycles. The van der Waals surface area contributed by atoms with Crippen molar-refractivity contribution in [3.8, 4) is 5.75 Å². The van der Waals surface area contributed by atoms with Gasteiger partial charge in [0, 0.05) is 32.7 Å². The number of piperazine rings is 1. The lowest BCUT2D eigenvalue weighted by Gasteiger charge is -2.35. The van der Waals surface area contributed by atoms with Gasteiger partial charge in [-0.2, -0.15) is 0 Å². The molecule has 1 fully saturated rings. The number of carbonyl (C=O) groups is 1. The van der Waals surface area contributed by atoms with Crippen LogP contribution in [0.3, 0.4) is 0 Å². The van der Waals surface area contributed by atoms with Crippen LogP contribution in [0, 0.1) is 0 Å². The third-order valence-electron chi connectivity index (χ3n) is 4.26. The summed E-state index contributed by atoms with van der Waals surface area (Å²) in [5.74, 6) is 1.26. The van der Waals surface area contributed by atoms with Gasteiger partial charge < -0.3 is 9.64 Å². The van der Waals surface area contributed by atoms with Crippen LogP contribution in [0.1, 0.15) is 32.3 Å². The summed E-state index contributed by atoms with van der Waals surface area (Å²) in [6, 6.07) is 7.96. The molecule has 1 aromatic rings. The van der Waals surface area contributed by atoms with E-state index >= 15 is 0 Å². The number of ether oxygens (including phenoxy) is 1. The van der Waals surface area contributed by atoms with Gasteiger partial charge in [0.1, 0.15) is 5.75 Å². The lowest BCUT2D eigenvalue weighted by molar-refractivity contribution is -0.139. The van der Waals surface area contributed by atoms with Crippen LogP contribution in [-0.2, 0) is 4.79 Å². The third-order valence-corrected chi connectivity index (χ3v) is 4.26. The second-order valence-corrected chi connectivity index (χ2v) is 6.37. The first-order valence-electron chi connectivity index (χ1n) is 8.40. The largest absolute Gasteiger partial charge is 0.481 e. The molecule has 1 heterocycles. The maximum atomic E-state index is 12.6. The molecule has 4 heteroatoms. The zero-order valence-corrected chi connectivity index (χ0v) is 14.5. The first-order chi connectivity index (χ1) is 11.0. The first kappa shape index (κ1) is 17.5. The molecule has 1 aromatic carbocycles. The van der Waals surface area contributed by atoms with Crippen LogP contribution in [0.15, 0.2) is 36.9 Å². The van der Waals surface area contributed by atoms with Crippen LogP contribution in [0.2, 0.25) is 0 Å². The van der Waals surface area contributed by atoms with E-state index < -0.39 is 6.10 Å². The molecular formula is C19H28N2O2. The summed E-state index contributed by atoms with van der Waals surface area (Å²) in [7, 11) is 0. The quantitative estimate of drug-likeness (QED) is 0.757. The second kappa shape index (κ2) is 8.16. The van der Waals surface area contributed by atoms with Crippen molar-refractivity contribution in [1.82, 2.24) is 9.80 Å². The Bertz CT molecular complexity index is 534. The molecule has 0 saturated carbocycles. The summed E-state index contributed by atoms with van der Waals surface area (Å²) < 4.78 is 5.98. The highest BCUT2D eigenvalue weighted by atomic mass is 16.5. The Kier molecular flexibility index (Phi) is 6.22. The molecule has 0 unspecified atom stereocenters. The predicted molar refractivity (Wildman–Crippen MR) is 93.8 cm³/mol. The fourth-order valence-corrected chi connectivity index (χ4v) is 2.90. The van der Waals surface area contributed by atoms with E-state index in [1.807, 2.05) is 36.1 Å². The molecule has 0 spiro atoms. The molecule has 0 N–H and O–H groups in total. The summed E-state index contributed by atoms with van der Waals surface area (Å²) in [5.41, 5.74) is 1.14. The minimum absolute atomic E-state index is 0.0711. The molecule has 23 heavy (non-hydrogen) atoms. The minimum atomic E-state index is -0.458. The van der Waals surface area contributed by atoms with Crippen molar-refractivity contribution in [1.29, 1.82) is 0 Å². The molecule has 0 aromatic heterocycles. The van der Waals surface area contributed by atoms with Crippen LogP contribution in [0.25, 0.3) is 0 Å². The van der Waals surface area contributed by atoms with E-state index in [0.29, 0.717) is 5.92 Å². The Labute approximate surface area is 139 Å². The highest BCUT2D eigenvalue weighted by Gasteiger charge is 2.26. The summed E-state index contributed by atoms with van der Waals surface area (Å²) >= 11 is 0. The van der Waals surface area contributed by atoms with Crippen LogP contribution in [-0.4, -0.2) is 54.5 Å². The fourth-order valence-electron chi connectivity index (χ4n) is 2.90. The second-order valence-electron chi connectivity index (χ2n) is 6.37. The number of carbonyl (C=O) groups excluding carboxylic acids is 1. The number of amides is 1. The topological polar surface area (TPSA) is 32.8 Å². The fraction of sp³-hybridized carbons (Fsp3) is 0.526. The molecule has 1 aliphatic rings. The molecule has 1 amide bonds. The van der Waals surface area contributed by atoms with Crippen molar-refractivity contribution in [2.24, 2.45) is 0 Å². The maximum absolute atomic E-state index is 12.6.